The summed E-state index contributed by atoms with van der Waals surface area (Å²) in [6.07, 6.45) is 0. The first kappa shape index (κ1) is 13.8. The molecule has 0 aliphatic heterocycles. The van der Waals surface area contributed by atoms with Crippen molar-refractivity contribution in [3.8, 4) is 0 Å². The summed E-state index contributed by atoms with van der Waals surface area (Å²) in [6.45, 7) is 1.64. The molecule has 1 heterocycles. The number of aryl methyl sites for hydroxylation is 1. The molecule has 0 atom stereocenters. The van der Waals surface area contributed by atoms with Gasteiger partial charge in [-0.2, -0.15) is 0 Å². The third-order valence-electron chi connectivity index (χ3n) is 2.49. The molecule has 0 saturated heterocycles. The minimum atomic E-state index is -0.475. The number of amides is 1. The number of hydrogen-bond acceptors (Lipinski definition) is 2. The lowest BCUT2D eigenvalue weighted by Gasteiger charge is -2.07. The molecule has 0 spiro atoms. The Kier molecular flexibility index (Phi) is 4.02. The van der Waals surface area contributed by atoms with Crippen LogP contribution in [0.25, 0.3) is 0 Å². The lowest BCUT2D eigenvalue weighted by molar-refractivity contribution is 0.102. The zero-order valence-corrected chi connectivity index (χ0v) is 11.4. The largest absolute Gasteiger partial charge is 0.322 e. The molecular weight excluding hydrogens is 290 g/mol. The number of pyridine rings is 1. The normalized spacial score (nSPS) is 10.3. The Morgan fingerprint density at radius 3 is 2.63 bits per heavy atom. The van der Waals surface area contributed by atoms with Crippen molar-refractivity contribution < 1.29 is 9.18 Å². The maximum atomic E-state index is 13.4. The number of anilines is 1. The molecule has 0 aliphatic rings. The first-order valence-electron chi connectivity index (χ1n) is 5.37. The van der Waals surface area contributed by atoms with E-state index in [0.717, 1.165) is 0 Å². The van der Waals surface area contributed by atoms with Crippen LogP contribution in [0.5, 0.6) is 0 Å². The van der Waals surface area contributed by atoms with E-state index in [0.29, 0.717) is 11.3 Å². The van der Waals surface area contributed by atoms with Crippen LogP contribution in [0.15, 0.2) is 30.3 Å². The van der Waals surface area contributed by atoms with E-state index in [1.807, 2.05) is 0 Å². The van der Waals surface area contributed by atoms with Crippen molar-refractivity contribution in [3.05, 3.63) is 57.6 Å². The van der Waals surface area contributed by atoms with Crippen molar-refractivity contribution in [2.24, 2.45) is 0 Å². The van der Waals surface area contributed by atoms with Crippen molar-refractivity contribution in [2.75, 3.05) is 5.32 Å². The van der Waals surface area contributed by atoms with Gasteiger partial charge >= 0.3 is 0 Å². The Hall–Kier alpha value is -1.65. The monoisotopic (exact) mass is 298 g/mol. The summed E-state index contributed by atoms with van der Waals surface area (Å²) in [6, 6.07) is 7.33. The first-order chi connectivity index (χ1) is 8.97. The molecule has 0 saturated carbocycles. The van der Waals surface area contributed by atoms with E-state index in [1.165, 1.54) is 18.2 Å². The minimum Gasteiger partial charge on any atom is -0.322 e. The van der Waals surface area contributed by atoms with Gasteiger partial charge in [0.05, 0.1) is 5.56 Å². The van der Waals surface area contributed by atoms with E-state index in [4.69, 9.17) is 23.2 Å². The van der Waals surface area contributed by atoms with Gasteiger partial charge in [0.25, 0.3) is 5.91 Å². The van der Waals surface area contributed by atoms with Crippen molar-refractivity contribution in [1.82, 2.24) is 4.98 Å². The van der Waals surface area contributed by atoms with Crippen LogP contribution in [0.3, 0.4) is 0 Å². The van der Waals surface area contributed by atoms with Crippen LogP contribution in [-0.2, 0) is 0 Å². The van der Waals surface area contributed by atoms with E-state index >= 15 is 0 Å². The van der Waals surface area contributed by atoms with Gasteiger partial charge in [-0.05, 0) is 36.8 Å². The fourth-order valence-corrected chi connectivity index (χ4v) is 1.88. The summed E-state index contributed by atoms with van der Waals surface area (Å²) in [5, 5.41) is 2.74. The zero-order valence-electron chi connectivity index (χ0n) is 9.88. The predicted octanol–water partition coefficient (Wildman–Crippen LogP) is 4.09. The molecule has 0 radical (unpaired) electrons. The fraction of sp³-hybridized carbons (Fsp3) is 0.0769. The molecule has 0 fully saturated rings. The van der Waals surface area contributed by atoms with Crippen LogP contribution < -0.4 is 5.32 Å². The average molecular weight is 299 g/mol. The zero-order chi connectivity index (χ0) is 14.0. The topological polar surface area (TPSA) is 42.0 Å². The third-order valence-corrected chi connectivity index (χ3v) is 2.99. The molecule has 1 aromatic carbocycles. The van der Waals surface area contributed by atoms with E-state index in [1.54, 1.807) is 19.1 Å². The molecule has 1 N–H and O–H groups in total. The van der Waals surface area contributed by atoms with Crippen molar-refractivity contribution in [2.45, 2.75) is 6.92 Å². The lowest BCUT2D eigenvalue weighted by Crippen LogP contribution is -2.13. The van der Waals surface area contributed by atoms with E-state index in [-0.39, 0.29) is 15.9 Å². The summed E-state index contributed by atoms with van der Waals surface area (Å²) >= 11 is 11.5. The van der Waals surface area contributed by atoms with Crippen molar-refractivity contribution in [1.29, 1.82) is 0 Å². The number of halogens is 3. The van der Waals surface area contributed by atoms with Gasteiger partial charge in [-0.25, -0.2) is 9.37 Å². The highest BCUT2D eigenvalue weighted by atomic mass is 35.5. The van der Waals surface area contributed by atoms with Gasteiger partial charge in [0.2, 0.25) is 0 Å². The number of carbonyl (C=O) groups excluding carboxylic acids is 1. The van der Waals surface area contributed by atoms with Gasteiger partial charge in [0.15, 0.2) is 0 Å². The summed E-state index contributed by atoms with van der Waals surface area (Å²) in [5.41, 5.74) is 1.02. The van der Waals surface area contributed by atoms with Crippen LogP contribution in [0.1, 0.15) is 15.9 Å². The highest BCUT2D eigenvalue weighted by Crippen LogP contribution is 2.19. The minimum absolute atomic E-state index is 0.00224. The number of nitrogens with one attached hydrogen (secondary N) is 1. The Morgan fingerprint density at radius 2 is 2.00 bits per heavy atom. The number of nitrogens with zero attached hydrogens (tertiary/aromatic N) is 1. The number of benzene rings is 1. The van der Waals surface area contributed by atoms with Gasteiger partial charge in [-0.1, -0.05) is 29.3 Å². The maximum absolute atomic E-state index is 13.4. The number of rotatable bonds is 2. The van der Waals surface area contributed by atoms with Gasteiger partial charge in [-0.15, -0.1) is 0 Å². The fourth-order valence-electron chi connectivity index (χ4n) is 1.45. The second kappa shape index (κ2) is 5.55. The Labute approximate surface area is 119 Å². The highest BCUT2D eigenvalue weighted by Gasteiger charge is 2.12. The summed E-state index contributed by atoms with van der Waals surface area (Å²) in [5.74, 6) is -0.865. The standard InChI is InChI=1S/C13H9Cl2FN2O/c1-7-2-3-8(6-10(7)16)17-13(19)9-4-5-11(14)18-12(9)15/h2-6H,1H3,(H,17,19). The van der Waals surface area contributed by atoms with Crippen LogP contribution in [0.4, 0.5) is 10.1 Å². The van der Waals surface area contributed by atoms with Gasteiger partial charge in [0.1, 0.15) is 16.1 Å². The SMILES string of the molecule is Cc1ccc(NC(=O)c2ccc(Cl)nc2Cl)cc1F. The number of carbonyl (C=O) groups is 1. The predicted molar refractivity (Wildman–Crippen MR) is 73.3 cm³/mol. The van der Waals surface area contributed by atoms with Gasteiger partial charge in [0, 0.05) is 5.69 Å². The molecule has 19 heavy (non-hydrogen) atoms. The van der Waals surface area contributed by atoms with Gasteiger partial charge < -0.3 is 5.32 Å². The quantitative estimate of drug-likeness (QED) is 0.849. The molecule has 0 unspecified atom stereocenters. The van der Waals surface area contributed by atoms with Crippen molar-refractivity contribution in [3.63, 3.8) is 0 Å². The molecule has 6 heteroatoms. The van der Waals surface area contributed by atoms with E-state index in [9.17, 15) is 9.18 Å². The number of hydrogen-bond donors (Lipinski definition) is 1. The summed E-state index contributed by atoms with van der Waals surface area (Å²) in [4.78, 5) is 15.7. The Balaban J connectivity index is 2.23. The van der Waals surface area contributed by atoms with Crippen LogP contribution in [0.2, 0.25) is 10.3 Å². The molecule has 98 valence electrons. The highest BCUT2D eigenvalue weighted by molar-refractivity contribution is 6.35. The first-order valence-corrected chi connectivity index (χ1v) is 6.12. The smallest absolute Gasteiger partial charge is 0.258 e. The van der Waals surface area contributed by atoms with Crippen molar-refractivity contribution >= 4 is 34.8 Å². The molecule has 2 rings (SSSR count). The molecule has 1 aromatic heterocycles. The second-order valence-corrected chi connectivity index (χ2v) is 4.64. The van der Waals surface area contributed by atoms with Crippen LogP contribution >= 0.6 is 23.2 Å². The molecule has 0 aliphatic carbocycles. The molecule has 3 nitrogen and oxygen atoms in total. The summed E-state index contributed by atoms with van der Waals surface area (Å²) < 4.78 is 13.4. The third kappa shape index (κ3) is 3.22. The molecular formula is C13H9Cl2FN2O. The Morgan fingerprint density at radius 1 is 1.26 bits per heavy atom. The van der Waals surface area contributed by atoms with Gasteiger partial charge in [-0.3, -0.25) is 4.79 Å². The van der Waals surface area contributed by atoms with Crippen LogP contribution in [0, 0.1) is 12.7 Å². The second-order valence-electron chi connectivity index (χ2n) is 3.89. The summed E-state index contributed by atoms with van der Waals surface area (Å²) in [7, 11) is 0. The molecule has 1 amide bonds. The maximum Gasteiger partial charge on any atom is 0.258 e. The lowest BCUT2D eigenvalue weighted by atomic mass is 10.2. The average Bonchev–Trinajstić information content (AvgIpc) is 2.33. The Bertz CT molecular complexity index is 647. The van der Waals surface area contributed by atoms with E-state index < -0.39 is 11.7 Å². The van der Waals surface area contributed by atoms with E-state index in [2.05, 4.69) is 10.3 Å². The molecule has 2 aromatic rings. The molecule has 0 bridgehead atoms. The van der Waals surface area contributed by atoms with Crippen LogP contribution in [-0.4, -0.2) is 10.9 Å². The number of aromatic nitrogens is 1.